The number of halogens is 1. The van der Waals surface area contributed by atoms with Crippen LogP contribution in [-0.4, -0.2) is 6.54 Å². The van der Waals surface area contributed by atoms with Gasteiger partial charge in [0.25, 0.3) is 0 Å². The van der Waals surface area contributed by atoms with Crippen molar-refractivity contribution in [2.45, 2.75) is 39.2 Å². The van der Waals surface area contributed by atoms with Gasteiger partial charge in [-0.05, 0) is 56.0 Å². The first-order valence-corrected chi connectivity index (χ1v) is 6.66. The van der Waals surface area contributed by atoms with Gasteiger partial charge in [-0.1, -0.05) is 30.7 Å². The fourth-order valence-electron chi connectivity index (χ4n) is 2.07. The molecule has 1 aromatic rings. The van der Waals surface area contributed by atoms with E-state index in [4.69, 9.17) is 11.6 Å². The van der Waals surface area contributed by atoms with E-state index in [9.17, 15) is 0 Å². The Morgan fingerprint density at radius 1 is 1.41 bits per heavy atom. The molecule has 0 saturated heterocycles. The van der Waals surface area contributed by atoms with Gasteiger partial charge in [-0.2, -0.15) is 0 Å². The summed E-state index contributed by atoms with van der Waals surface area (Å²) in [6.07, 6.45) is 5.33. The van der Waals surface area contributed by atoms with Crippen LogP contribution >= 0.6 is 11.6 Å². The molecule has 0 amide bonds. The largest absolute Gasteiger partial charge is 0.310 e. The molecule has 0 radical (unpaired) electrons. The third-order valence-corrected chi connectivity index (χ3v) is 3.04. The van der Waals surface area contributed by atoms with Crippen LogP contribution in [-0.2, 0) is 0 Å². The van der Waals surface area contributed by atoms with Crippen molar-refractivity contribution in [3.63, 3.8) is 0 Å². The molecule has 94 valence electrons. The minimum atomic E-state index is 0.400. The van der Waals surface area contributed by atoms with Crippen LogP contribution in [0.2, 0.25) is 5.02 Å². The molecule has 1 N–H and O–H groups in total. The van der Waals surface area contributed by atoms with Gasteiger partial charge in [0.2, 0.25) is 0 Å². The maximum Gasteiger partial charge on any atom is 0.0411 e. The maximum absolute atomic E-state index is 6.11. The molecule has 0 saturated carbocycles. The quantitative estimate of drug-likeness (QED) is 0.549. The van der Waals surface area contributed by atoms with Crippen LogP contribution in [0.25, 0.3) is 0 Å². The van der Waals surface area contributed by atoms with Crippen LogP contribution in [0.3, 0.4) is 0 Å². The number of hydrogen-bond acceptors (Lipinski definition) is 1. The molecule has 0 aromatic heterocycles. The second kappa shape index (κ2) is 7.52. The molecule has 0 spiro atoms. The summed E-state index contributed by atoms with van der Waals surface area (Å²) in [4.78, 5) is 0. The first-order chi connectivity index (χ1) is 8.17. The summed E-state index contributed by atoms with van der Waals surface area (Å²) < 4.78 is 0. The highest BCUT2D eigenvalue weighted by Gasteiger charge is 2.10. The van der Waals surface area contributed by atoms with E-state index in [0.29, 0.717) is 6.04 Å². The Morgan fingerprint density at radius 3 is 2.76 bits per heavy atom. The summed E-state index contributed by atoms with van der Waals surface area (Å²) in [5.41, 5.74) is 2.51. The average Bonchev–Trinajstić information content (AvgIpc) is 2.27. The normalized spacial score (nSPS) is 12.4. The summed E-state index contributed by atoms with van der Waals surface area (Å²) >= 11 is 6.11. The summed E-state index contributed by atoms with van der Waals surface area (Å²) in [6, 6.07) is 6.68. The zero-order valence-corrected chi connectivity index (χ0v) is 11.6. The van der Waals surface area contributed by atoms with E-state index in [0.717, 1.165) is 30.8 Å². The predicted octanol–water partition coefficient (Wildman–Crippen LogP) is 4.66. The number of benzene rings is 1. The van der Waals surface area contributed by atoms with Crippen LogP contribution in [0.5, 0.6) is 0 Å². The highest BCUT2D eigenvalue weighted by molar-refractivity contribution is 6.30. The third kappa shape index (κ3) is 4.93. The first kappa shape index (κ1) is 14.3. The van der Waals surface area contributed by atoms with Crippen molar-refractivity contribution in [1.82, 2.24) is 5.32 Å². The molecule has 0 aliphatic carbocycles. The van der Waals surface area contributed by atoms with Crippen molar-refractivity contribution in [2.24, 2.45) is 0 Å². The molecular weight excluding hydrogens is 230 g/mol. The van der Waals surface area contributed by atoms with Gasteiger partial charge in [0.1, 0.15) is 0 Å². The lowest BCUT2D eigenvalue weighted by Gasteiger charge is -2.19. The molecule has 0 fully saturated rings. The molecule has 1 nitrogen and oxygen atoms in total. The Hall–Kier alpha value is -0.790. The van der Waals surface area contributed by atoms with Crippen LogP contribution in [0.4, 0.5) is 0 Å². The lowest BCUT2D eigenvalue weighted by Crippen LogP contribution is -2.20. The van der Waals surface area contributed by atoms with Gasteiger partial charge >= 0.3 is 0 Å². The van der Waals surface area contributed by atoms with Crippen LogP contribution in [0, 0.1) is 6.92 Å². The molecule has 1 rings (SSSR count). The van der Waals surface area contributed by atoms with Gasteiger partial charge in [-0.25, -0.2) is 0 Å². The maximum atomic E-state index is 6.11. The van der Waals surface area contributed by atoms with E-state index < -0.39 is 0 Å². The Kier molecular flexibility index (Phi) is 6.31. The second-order valence-electron chi connectivity index (χ2n) is 4.39. The van der Waals surface area contributed by atoms with Crippen molar-refractivity contribution in [3.05, 3.63) is 47.0 Å². The van der Waals surface area contributed by atoms with Crippen molar-refractivity contribution >= 4 is 11.6 Å². The summed E-state index contributed by atoms with van der Waals surface area (Å²) in [7, 11) is 0. The topological polar surface area (TPSA) is 12.0 Å². The Balaban J connectivity index is 2.76. The van der Waals surface area contributed by atoms with E-state index >= 15 is 0 Å². The molecule has 2 heteroatoms. The van der Waals surface area contributed by atoms with Gasteiger partial charge in [-0.3, -0.25) is 0 Å². The number of unbranched alkanes of at least 4 members (excludes halogenated alkanes) is 1. The molecule has 1 unspecified atom stereocenters. The number of nitrogens with one attached hydrogen (secondary N) is 1. The third-order valence-electron chi connectivity index (χ3n) is 2.82. The van der Waals surface area contributed by atoms with E-state index in [1.54, 1.807) is 0 Å². The van der Waals surface area contributed by atoms with E-state index in [-0.39, 0.29) is 0 Å². The lowest BCUT2D eigenvalue weighted by molar-refractivity contribution is 0.500. The Labute approximate surface area is 110 Å². The van der Waals surface area contributed by atoms with Crippen LogP contribution < -0.4 is 5.32 Å². The zero-order valence-electron chi connectivity index (χ0n) is 10.8. The second-order valence-corrected chi connectivity index (χ2v) is 4.83. The fourth-order valence-corrected chi connectivity index (χ4v) is 2.36. The average molecular weight is 252 g/mol. The summed E-state index contributed by atoms with van der Waals surface area (Å²) in [5.74, 6) is 0. The molecule has 0 heterocycles. The van der Waals surface area contributed by atoms with E-state index in [2.05, 4.69) is 37.9 Å². The molecule has 0 aliphatic rings. The first-order valence-electron chi connectivity index (χ1n) is 6.28. The van der Waals surface area contributed by atoms with Gasteiger partial charge in [0.15, 0.2) is 0 Å². The van der Waals surface area contributed by atoms with Crippen LogP contribution in [0.1, 0.15) is 43.4 Å². The summed E-state index contributed by atoms with van der Waals surface area (Å²) in [6.45, 7) is 8.96. The summed E-state index contributed by atoms with van der Waals surface area (Å²) in [5, 5.41) is 4.34. The molecule has 0 aliphatic heterocycles. The van der Waals surface area contributed by atoms with E-state index in [1.165, 1.54) is 11.1 Å². The number of allylic oxidation sites excluding steroid dienone is 1. The number of rotatable bonds is 7. The van der Waals surface area contributed by atoms with Crippen molar-refractivity contribution < 1.29 is 0 Å². The van der Waals surface area contributed by atoms with Crippen LogP contribution in [0.15, 0.2) is 30.9 Å². The van der Waals surface area contributed by atoms with Gasteiger partial charge in [0, 0.05) is 11.1 Å². The molecular formula is C15H22ClN. The SMILES string of the molecule is C=CCCCC(NCC)c1cc(C)cc(Cl)c1. The molecule has 1 aromatic carbocycles. The van der Waals surface area contributed by atoms with Crippen molar-refractivity contribution in [2.75, 3.05) is 6.54 Å². The van der Waals surface area contributed by atoms with E-state index in [1.807, 2.05) is 12.1 Å². The molecule has 0 bridgehead atoms. The Morgan fingerprint density at radius 2 is 2.18 bits per heavy atom. The van der Waals surface area contributed by atoms with Gasteiger partial charge < -0.3 is 5.32 Å². The van der Waals surface area contributed by atoms with Gasteiger partial charge in [-0.15, -0.1) is 6.58 Å². The minimum absolute atomic E-state index is 0.400. The predicted molar refractivity (Wildman–Crippen MR) is 76.7 cm³/mol. The number of hydrogen-bond donors (Lipinski definition) is 1. The van der Waals surface area contributed by atoms with Crippen molar-refractivity contribution in [3.8, 4) is 0 Å². The lowest BCUT2D eigenvalue weighted by atomic mass is 9.99. The monoisotopic (exact) mass is 251 g/mol. The highest BCUT2D eigenvalue weighted by atomic mass is 35.5. The standard InChI is InChI=1S/C15H22ClN/c1-4-6-7-8-15(17-5-2)13-9-12(3)10-14(16)11-13/h4,9-11,15,17H,1,5-8H2,2-3H3. The highest BCUT2D eigenvalue weighted by Crippen LogP contribution is 2.24. The van der Waals surface area contributed by atoms with Gasteiger partial charge in [0.05, 0.1) is 0 Å². The van der Waals surface area contributed by atoms with Crippen molar-refractivity contribution in [1.29, 1.82) is 0 Å². The fraction of sp³-hybridized carbons (Fsp3) is 0.467. The molecule has 17 heavy (non-hydrogen) atoms. The minimum Gasteiger partial charge on any atom is -0.310 e. The smallest absolute Gasteiger partial charge is 0.0411 e. The molecule has 1 atom stereocenters. The number of aryl methyl sites for hydroxylation is 1. The Bertz CT molecular complexity index is 340. The zero-order chi connectivity index (χ0) is 12.7.